The molecule has 1 heterocycles. The second-order valence-electron chi connectivity index (χ2n) is 4.72. The summed E-state index contributed by atoms with van der Waals surface area (Å²) in [4.78, 5) is 22.6. The summed E-state index contributed by atoms with van der Waals surface area (Å²) in [6.45, 7) is 1.70. The van der Waals surface area contributed by atoms with Crippen LogP contribution in [0.25, 0.3) is 0 Å². The number of primary amides is 1. The monoisotopic (exact) mass is 251 g/mol. The number of aromatic amines is 1. The van der Waals surface area contributed by atoms with E-state index in [1.165, 1.54) is 0 Å². The molecule has 0 aliphatic heterocycles. The Labute approximate surface area is 104 Å². The number of H-pyrrole nitrogens is 1. The molecule has 98 valence electrons. The molecule has 1 aromatic rings. The van der Waals surface area contributed by atoms with Gasteiger partial charge in [-0.05, 0) is 19.8 Å². The maximum absolute atomic E-state index is 11.9. The van der Waals surface area contributed by atoms with Crippen molar-refractivity contribution in [2.24, 2.45) is 5.73 Å². The summed E-state index contributed by atoms with van der Waals surface area (Å²) < 4.78 is 0. The Bertz CT molecular complexity index is 478. The fourth-order valence-corrected chi connectivity index (χ4v) is 1.87. The number of hydrogen-bond donors (Lipinski definition) is 4. The first-order chi connectivity index (χ1) is 8.49. The van der Waals surface area contributed by atoms with Crippen LogP contribution < -0.4 is 16.8 Å². The van der Waals surface area contributed by atoms with Crippen LogP contribution in [0, 0.1) is 0 Å². The molecular weight excluding hydrogens is 234 g/mol. The summed E-state index contributed by atoms with van der Waals surface area (Å²) in [7, 11) is 0. The van der Waals surface area contributed by atoms with Crippen molar-refractivity contribution in [3.05, 3.63) is 11.4 Å². The average molecular weight is 251 g/mol. The van der Waals surface area contributed by atoms with Crippen LogP contribution >= 0.6 is 0 Å². The zero-order valence-corrected chi connectivity index (χ0v) is 10.2. The summed E-state index contributed by atoms with van der Waals surface area (Å²) in [5.74, 6) is -0.442. The molecular formula is C11H17N5O2. The van der Waals surface area contributed by atoms with E-state index in [0.29, 0.717) is 11.6 Å². The van der Waals surface area contributed by atoms with Gasteiger partial charge in [-0.1, -0.05) is 0 Å². The van der Waals surface area contributed by atoms with Gasteiger partial charge in [-0.3, -0.25) is 14.7 Å². The van der Waals surface area contributed by atoms with Crippen molar-refractivity contribution in [1.29, 1.82) is 0 Å². The average Bonchev–Trinajstić information content (AvgIpc) is 3.01. The number of nitrogens with zero attached hydrogens (tertiary/aromatic N) is 1. The zero-order valence-electron chi connectivity index (χ0n) is 10.2. The molecule has 0 spiro atoms. The minimum Gasteiger partial charge on any atom is -0.395 e. The van der Waals surface area contributed by atoms with Gasteiger partial charge in [0.1, 0.15) is 0 Å². The van der Waals surface area contributed by atoms with E-state index < -0.39 is 5.91 Å². The predicted molar refractivity (Wildman–Crippen MR) is 65.7 cm³/mol. The van der Waals surface area contributed by atoms with Gasteiger partial charge >= 0.3 is 0 Å². The highest BCUT2D eigenvalue weighted by Crippen LogP contribution is 2.42. The number of rotatable bonds is 5. The van der Waals surface area contributed by atoms with Gasteiger partial charge in [0, 0.05) is 18.4 Å². The van der Waals surface area contributed by atoms with Crippen LogP contribution in [-0.2, 0) is 4.79 Å². The van der Waals surface area contributed by atoms with Crippen LogP contribution in [0.5, 0.6) is 0 Å². The number of anilines is 1. The maximum atomic E-state index is 11.9. The lowest BCUT2D eigenvalue weighted by Gasteiger charge is -2.10. The van der Waals surface area contributed by atoms with E-state index in [2.05, 4.69) is 15.5 Å². The standard InChI is InChI=1S/C11H17N5O2/c1-5(4-7(12)17)14-11(18)10-8(13)9(15-16-10)6-2-3-6/h5-6H,2-4,13H2,1H3,(H2,12,17)(H,14,18)(H,15,16). The first-order valence-electron chi connectivity index (χ1n) is 5.92. The molecule has 1 aliphatic carbocycles. The van der Waals surface area contributed by atoms with E-state index in [-0.39, 0.29) is 24.1 Å². The first-order valence-corrected chi connectivity index (χ1v) is 5.92. The van der Waals surface area contributed by atoms with E-state index >= 15 is 0 Å². The Balaban J connectivity index is 2.02. The fraction of sp³-hybridized carbons (Fsp3) is 0.545. The third-order valence-corrected chi connectivity index (χ3v) is 2.92. The van der Waals surface area contributed by atoms with Crippen LogP contribution in [0.1, 0.15) is 48.3 Å². The Morgan fingerprint density at radius 3 is 2.78 bits per heavy atom. The normalized spacial score (nSPS) is 16.3. The van der Waals surface area contributed by atoms with Gasteiger partial charge in [0.15, 0.2) is 5.69 Å². The molecule has 0 radical (unpaired) electrons. The Morgan fingerprint density at radius 2 is 2.22 bits per heavy atom. The van der Waals surface area contributed by atoms with Crippen molar-refractivity contribution in [2.75, 3.05) is 5.73 Å². The second kappa shape index (κ2) is 4.67. The van der Waals surface area contributed by atoms with Crippen LogP contribution in [0.2, 0.25) is 0 Å². The van der Waals surface area contributed by atoms with Gasteiger partial charge in [-0.25, -0.2) is 0 Å². The summed E-state index contributed by atoms with van der Waals surface area (Å²) >= 11 is 0. The van der Waals surface area contributed by atoms with Gasteiger partial charge in [-0.2, -0.15) is 5.10 Å². The highest BCUT2D eigenvalue weighted by Gasteiger charge is 2.30. The molecule has 1 fully saturated rings. The lowest BCUT2D eigenvalue weighted by atomic mass is 10.2. The number of aromatic nitrogens is 2. The molecule has 7 nitrogen and oxygen atoms in total. The number of amides is 2. The summed E-state index contributed by atoms with van der Waals surface area (Å²) in [5.41, 5.74) is 12.4. The highest BCUT2D eigenvalue weighted by molar-refractivity contribution is 5.98. The van der Waals surface area contributed by atoms with Gasteiger partial charge < -0.3 is 16.8 Å². The highest BCUT2D eigenvalue weighted by atomic mass is 16.2. The molecule has 18 heavy (non-hydrogen) atoms. The van der Waals surface area contributed by atoms with Crippen molar-refractivity contribution in [2.45, 2.75) is 38.1 Å². The third-order valence-electron chi connectivity index (χ3n) is 2.92. The van der Waals surface area contributed by atoms with E-state index in [9.17, 15) is 9.59 Å². The Kier molecular flexibility index (Phi) is 3.22. The summed E-state index contributed by atoms with van der Waals surface area (Å²) in [6, 6.07) is -0.338. The van der Waals surface area contributed by atoms with Crippen LogP contribution in [-0.4, -0.2) is 28.1 Å². The van der Waals surface area contributed by atoms with Crippen molar-refractivity contribution in [1.82, 2.24) is 15.5 Å². The molecule has 1 aliphatic rings. The Morgan fingerprint density at radius 1 is 1.56 bits per heavy atom. The van der Waals surface area contributed by atoms with Crippen molar-refractivity contribution in [3.8, 4) is 0 Å². The molecule has 0 bridgehead atoms. The van der Waals surface area contributed by atoms with E-state index in [0.717, 1.165) is 18.5 Å². The van der Waals surface area contributed by atoms with Crippen LogP contribution in [0.4, 0.5) is 5.69 Å². The fourth-order valence-electron chi connectivity index (χ4n) is 1.87. The minimum absolute atomic E-state index is 0.0888. The SMILES string of the molecule is CC(CC(N)=O)NC(=O)c1n[nH]c(C2CC2)c1N. The summed E-state index contributed by atoms with van der Waals surface area (Å²) in [5, 5.41) is 9.37. The molecule has 2 rings (SSSR count). The summed E-state index contributed by atoms with van der Waals surface area (Å²) in [6.07, 6.45) is 2.24. The molecule has 7 heteroatoms. The molecule has 0 saturated heterocycles. The van der Waals surface area contributed by atoms with E-state index in [4.69, 9.17) is 11.5 Å². The zero-order chi connectivity index (χ0) is 13.3. The smallest absolute Gasteiger partial charge is 0.274 e. The van der Waals surface area contributed by atoms with Crippen molar-refractivity contribution >= 4 is 17.5 Å². The van der Waals surface area contributed by atoms with E-state index in [1.54, 1.807) is 6.92 Å². The van der Waals surface area contributed by atoms with E-state index in [1.807, 2.05) is 0 Å². The quantitative estimate of drug-likeness (QED) is 0.581. The number of nitrogen functional groups attached to an aromatic ring is 1. The Hall–Kier alpha value is -2.05. The molecule has 0 aromatic carbocycles. The molecule has 1 saturated carbocycles. The van der Waals surface area contributed by atoms with Crippen LogP contribution in [0.15, 0.2) is 0 Å². The minimum atomic E-state index is -0.462. The van der Waals surface area contributed by atoms with Gasteiger partial charge in [0.05, 0.1) is 11.4 Å². The number of hydrogen-bond acceptors (Lipinski definition) is 4. The predicted octanol–water partition coefficient (Wildman–Crippen LogP) is -0.137. The lowest BCUT2D eigenvalue weighted by molar-refractivity contribution is -0.118. The number of nitrogens with one attached hydrogen (secondary N) is 2. The van der Waals surface area contributed by atoms with Gasteiger partial charge in [-0.15, -0.1) is 0 Å². The van der Waals surface area contributed by atoms with Gasteiger partial charge in [0.25, 0.3) is 5.91 Å². The topological polar surface area (TPSA) is 127 Å². The van der Waals surface area contributed by atoms with Crippen molar-refractivity contribution < 1.29 is 9.59 Å². The van der Waals surface area contributed by atoms with Crippen molar-refractivity contribution in [3.63, 3.8) is 0 Å². The molecule has 1 unspecified atom stereocenters. The lowest BCUT2D eigenvalue weighted by Crippen LogP contribution is -2.36. The van der Waals surface area contributed by atoms with Gasteiger partial charge in [0.2, 0.25) is 5.91 Å². The number of nitrogens with two attached hydrogens (primary N) is 2. The third kappa shape index (κ3) is 2.61. The molecule has 2 amide bonds. The largest absolute Gasteiger partial charge is 0.395 e. The second-order valence-corrected chi connectivity index (χ2v) is 4.72. The maximum Gasteiger partial charge on any atom is 0.274 e. The first kappa shape index (κ1) is 12.4. The molecule has 1 atom stereocenters. The number of carbonyl (C=O) groups excluding carboxylic acids is 2. The number of carbonyl (C=O) groups is 2. The molecule has 1 aromatic heterocycles. The molecule has 6 N–H and O–H groups in total. The van der Waals surface area contributed by atoms with Crippen LogP contribution in [0.3, 0.4) is 0 Å².